The molecule has 1 atom stereocenters. The van der Waals surface area contributed by atoms with Crippen molar-refractivity contribution in [2.75, 3.05) is 19.0 Å². The fourth-order valence-electron chi connectivity index (χ4n) is 1.69. The lowest BCUT2D eigenvalue weighted by molar-refractivity contribution is -0.117. The molecule has 0 saturated heterocycles. The summed E-state index contributed by atoms with van der Waals surface area (Å²) in [5, 5.41) is 2.82. The highest BCUT2D eigenvalue weighted by Crippen LogP contribution is 2.18. The molecule has 0 aromatic carbocycles. The van der Waals surface area contributed by atoms with Crippen LogP contribution in [0.1, 0.15) is 13.3 Å². The first-order valence-electron chi connectivity index (χ1n) is 5.75. The molecule has 2 rings (SSSR count). The van der Waals surface area contributed by atoms with Crippen LogP contribution in [0, 0.1) is 5.92 Å². The molecule has 0 saturated carbocycles. The van der Waals surface area contributed by atoms with Crippen molar-refractivity contribution in [2.24, 2.45) is 5.92 Å². The van der Waals surface area contributed by atoms with Gasteiger partial charge in [0.05, 0.1) is 6.33 Å². The quantitative estimate of drug-likeness (QED) is 0.813. The van der Waals surface area contributed by atoms with Crippen LogP contribution in [0.15, 0.2) is 6.33 Å². The van der Waals surface area contributed by atoms with Crippen LogP contribution in [0.4, 0.5) is 5.95 Å². The summed E-state index contributed by atoms with van der Waals surface area (Å²) < 4.78 is 4.97. The third-order valence-corrected chi connectivity index (χ3v) is 2.75. The fraction of sp³-hybridized carbons (Fsp3) is 0.455. The molecule has 8 heteroatoms. The number of imidazole rings is 1. The van der Waals surface area contributed by atoms with Gasteiger partial charge >= 0.3 is 0 Å². The van der Waals surface area contributed by atoms with Crippen molar-refractivity contribution < 1.29 is 9.53 Å². The Balaban J connectivity index is 2.06. The standard InChI is InChI=1S/C11H14ClN5O2/c1-6(4-19-2)3-7(18)15-11-16-9(12)8-10(17-11)14-5-13-8/h5-6H,3-4H2,1-2H3,(H2,13,14,15,16,17,18). The minimum atomic E-state index is -0.185. The summed E-state index contributed by atoms with van der Waals surface area (Å²) in [6.45, 7) is 2.45. The van der Waals surface area contributed by atoms with Crippen molar-refractivity contribution in [3.05, 3.63) is 11.5 Å². The Labute approximate surface area is 114 Å². The number of hydrogen-bond donors (Lipinski definition) is 2. The normalized spacial score (nSPS) is 12.6. The first-order chi connectivity index (χ1) is 9.10. The van der Waals surface area contributed by atoms with E-state index in [4.69, 9.17) is 16.3 Å². The Morgan fingerprint density at radius 2 is 2.37 bits per heavy atom. The molecule has 0 aliphatic rings. The third-order valence-electron chi connectivity index (χ3n) is 2.48. The molecule has 2 aromatic rings. The van der Waals surface area contributed by atoms with Gasteiger partial charge in [0.25, 0.3) is 0 Å². The molecule has 2 aromatic heterocycles. The number of carbonyl (C=O) groups excluding carboxylic acids is 1. The summed E-state index contributed by atoms with van der Waals surface area (Å²) in [5.74, 6) is 0.0873. The molecular formula is C11H14ClN5O2. The second-order valence-electron chi connectivity index (χ2n) is 4.25. The number of anilines is 1. The molecule has 0 aliphatic heterocycles. The first kappa shape index (κ1) is 13.7. The van der Waals surface area contributed by atoms with Crippen molar-refractivity contribution >= 4 is 34.6 Å². The highest BCUT2D eigenvalue weighted by atomic mass is 35.5. The van der Waals surface area contributed by atoms with Gasteiger partial charge in [0.1, 0.15) is 5.52 Å². The maximum Gasteiger partial charge on any atom is 0.233 e. The molecule has 1 unspecified atom stereocenters. The molecule has 7 nitrogen and oxygen atoms in total. The topological polar surface area (TPSA) is 92.8 Å². The fourth-order valence-corrected chi connectivity index (χ4v) is 1.91. The summed E-state index contributed by atoms with van der Waals surface area (Å²) in [6.07, 6.45) is 1.80. The molecule has 0 aliphatic carbocycles. The second kappa shape index (κ2) is 5.94. The molecular weight excluding hydrogens is 270 g/mol. The van der Waals surface area contributed by atoms with E-state index >= 15 is 0 Å². The molecule has 102 valence electrons. The van der Waals surface area contributed by atoms with E-state index in [0.717, 1.165) is 0 Å². The summed E-state index contributed by atoms with van der Waals surface area (Å²) in [6, 6.07) is 0. The minimum Gasteiger partial charge on any atom is -0.384 e. The van der Waals surface area contributed by atoms with Crippen molar-refractivity contribution in [1.29, 1.82) is 0 Å². The molecule has 1 amide bonds. The number of amides is 1. The first-order valence-corrected chi connectivity index (χ1v) is 6.13. The van der Waals surface area contributed by atoms with Crippen LogP contribution < -0.4 is 5.32 Å². The van der Waals surface area contributed by atoms with E-state index in [-0.39, 0.29) is 22.9 Å². The van der Waals surface area contributed by atoms with E-state index < -0.39 is 0 Å². The predicted molar refractivity (Wildman–Crippen MR) is 71.0 cm³/mol. The number of aromatic amines is 1. The van der Waals surface area contributed by atoms with Crippen LogP contribution in [0.5, 0.6) is 0 Å². The summed E-state index contributed by atoms with van der Waals surface area (Å²) >= 11 is 5.95. The van der Waals surface area contributed by atoms with Crippen LogP contribution in [0.25, 0.3) is 11.2 Å². The van der Waals surface area contributed by atoms with Gasteiger partial charge in [-0.1, -0.05) is 18.5 Å². The van der Waals surface area contributed by atoms with Gasteiger partial charge in [-0.3, -0.25) is 10.1 Å². The number of halogens is 1. The van der Waals surface area contributed by atoms with Gasteiger partial charge in [-0.25, -0.2) is 4.98 Å². The number of nitrogens with zero attached hydrogens (tertiary/aromatic N) is 3. The van der Waals surface area contributed by atoms with Gasteiger partial charge in [-0.05, 0) is 5.92 Å². The number of H-pyrrole nitrogens is 1. The largest absolute Gasteiger partial charge is 0.384 e. The molecule has 19 heavy (non-hydrogen) atoms. The molecule has 0 bridgehead atoms. The van der Waals surface area contributed by atoms with Crippen molar-refractivity contribution in [3.8, 4) is 0 Å². The molecule has 2 heterocycles. The zero-order chi connectivity index (χ0) is 13.8. The van der Waals surface area contributed by atoms with E-state index in [0.29, 0.717) is 24.2 Å². The minimum absolute atomic E-state index is 0.120. The van der Waals surface area contributed by atoms with E-state index in [9.17, 15) is 4.79 Å². The van der Waals surface area contributed by atoms with Gasteiger partial charge in [0.15, 0.2) is 10.8 Å². The number of fused-ring (bicyclic) bond motifs is 1. The Bertz CT molecular complexity index is 585. The maximum absolute atomic E-state index is 11.8. The Morgan fingerprint density at radius 3 is 3.11 bits per heavy atom. The van der Waals surface area contributed by atoms with Crippen LogP contribution in [0.2, 0.25) is 5.15 Å². The van der Waals surface area contributed by atoms with E-state index in [1.54, 1.807) is 7.11 Å². The molecule has 0 radical (unpaired) electrons. The lowest BCUT2D eigenvalue weighted by Crippen LogP contribution is -2.19. The number of aromatic nitrogens is 4. The van der Waals surface area contributed by atoms with Gasteiger partial charge in [-0.15, -0.1) is 0 Å². The number of ether oxygens (including phenoxy) is 1. The van der Waals surface area contributed by atoms with Crippen LogP contribution in [-0.4, -0.2) is 39.6 Å². The summed E-state index contributed by atoms with van der Waals surface area (Å²) in [7, 11) is 1.60. The lowest BCUT2D eigenvalue weighted by Gasteiger charge is -2.09. The van der Waals surface area contributed by atoms with Gasteiger partial charge in [0, 0.05) is 20.1 Å². The van der Waals surface area contributed by atoms with E-state index in [2.05, 4.69) is 25.3 Å². The lowest BCUT2D eigenvalue weighted by atomic mass is 10.1. The third kappa shape index (κ3) is 3.39. The Kier molecular flexibility index (Phi) is 4.28. The summed E-state index contributed by atoms with van der Waals surface area (Å²) in [5.41, 5.74) is 0.965. The SMILES string of the molecule is COCC(C)CC(=O)Nc1nc(Cl)c2[nH]cnc2n1. The number of carbonyl (C=O) groups is 1. The van der Waals surface area contributed by atoms with Crippen molar-refractivity contribution in [1.82, 2.24) is 19.9 Å². The van der Waals surface area contributed by atoms with E-state index in [1.165, 1.54) is 6.33 Å². The second-order valence-corrected chi connectivity index (χ2v) is 4.61. The average Bonchev–Trinajstić information content (AvgIpc) is 2.77. The van der Waals surface area contributed by atoms with Crippen LogP contribution in [-0.2, 0) is 9.53 Å². The maximum atomic E-state index is 11.8. The highest BCUT2D eigenvalue weighted by molar-refractivity contribution is 6.33. The number of methoxy groups -OCH3 is 1. The zero-order valence-electron chi connectivity index (χ0n) is 10.6. The molecule has 0 fully saturated rings. The van der Waals surface area contributed by atoms with Gasteiger partial charge < -0.3 is 9.72 Å². The Morgan fingerprint density at radius 1 is 1.58 bits per heavy atom. The van der Waals surface area contributed by atoms with Crippen molar-refractivity contribution in [3.63, 3.8) is 0 Å². The molecule has 0 spiro atoms. The van der Waals surface area contributed by atoms with Crippen LogP contribution >= 0.6 is 11.6 Å². The smallest absolute Gasteiger partial charge is 0.233 e. The highest BCUT2D eigenvalue weighted by Gasteiger charge is 2.13. The average molecular weight is 284 g/mol. The summed E-state index contributed by atoms with van der Waals surface area (Å²) in [4.78, 5) is 26.6. The van der Waals surface area contributed by atoms with Crippen LogP contribution in [0.3, 0.4) is 0 Å². The monoisotopic (exact) mass is 283 g/mol. The van der Waals surface area contributed by atoms with Crippen molar-refractivity contribution in [2.45, 2.75) is 13.3 Å². The number of rotatable bonds is 5. The Hall–Kier alpha value is -1.73. The predicted octanol–water partition coefficient (Wildman–Crippen LogP) is 1.62. The van der Waals surface area contributed by atoms with E-state index in [1.807, 2.05) is 6.92 Å². The number of hydrogen-bond acceptors (Lipinski definition) is 5. The van der Waals surface area contributed by atoms with Gasteiger partial charge in [0.2, 0.25) is 11.9 Å². The van der Waals surface area contributed by atoms with Gasteiger partial charge in [-0.2, -0.15) is 9.97 Å². The zero-order valence-corrected chi connectivity index (χ0v) is 11.4. The number of nitrogens with one attached hydrogen (secondary N) is 2. The molecule has 2 N–H and O–H groups in total.